The highest BCUT2D eigenvalue weighted by Crippen LogP contribution is 2.13. The summed E-state index contributed by atoms with van der Waals surface area (Å²) in [6.07, 6.45) is 3.21. The van der Waals surface area contributed by atoms with Crippen LogP contribution in [0.15, 0.2) is 0 Å². The lowest BCUT2D eigenvalue weighted by atomic mass is 9.96. The first kappa shape index (κ1) is 14.5. The lowest BCUT2D eigenvalue weighted by molar-refractivity contribution is -0.122. The van der Waals surface area contributed by atoms with Crippen LogP contribution < -0.4 is 10.6 Å². The summed E-state index contributed by atoms with van der Waals surface area (Å²) in [5.74, 6) is 0.997. The zero-order valence-electron chi connectivity index (χ0n) is 11.0. The van der Waals surface area contributed by atoms with Gasteiger partial charge in [0.05, 0.1) is 6.10 Å². The Morgan fingerprint density at radius 1 is 1.53 bits per heavy atom. The van der Waals surface area contributed by atoms with E-state index in [1.54, 1.807) is 0 Å². The monoisotopic (exact) mass is 242 g/mol. The Morgan fingerprint density at radius 2 is 2.29 bits per heavy atom. The van der Waals surface area contributed by atoms with Gasteiger partial charge in [-0.05, 0) is 44.2 Å². The minimum absolute atomic E-state index is 0.0708. The van der Waals surface area contributed by atoms with E-state index in [9.17, 15) is 9.90 Å². The fourth-order valence-electron chi connectivity index (χ4n) is 2.29. The van der Waals surface area contributed by atoms with E-state index in [4.69, 9.17) is 0 Å². The van der Waals surface area contributed by atoms with Gasteiger partial charge in [0, 0.05) is 13.0 Å². The van der Waals surface area contributed by atoms with Crippen LogP contribution in [0.4, 0.5) is 0 Å². The fraction of sp³-hybridized carbons (Fsp3) is 0.923. The van der Waals surface area contributed by atoms with Crippen molar-refractivity contribution in [1.29, 1.82) is 0 Å². The highest BCUT2D eigenvalue weighted by atomic mass is 16.3. The van der Waals surface area contributed by atoms with Crippen molar-refractivity contribution < 1.29 is 9.90 Å². The standard InChI is InChI=1S/C13H26N2O2/c1-10(2)6-12(16)9-15-13(17)7-11-4-3-5-14-8-11/h10-12,14,16H,3-9H2,1-2H3,(H,15,17). The molecule has 0 aromatic rings. The van der Waals surface area contributed by atoms with Gasteiger partial charge in [0.2, 0.25) is 5.91 Å². The Hall–Kier alpha value is -0.610. The molecule has 0 saturated carbocycles. The average Bonchev–Trinajstić information content (AvgIpc) is 2.27. The molecule has 2 atom stereocenters. The molecule has 1 saturated heterocycles. The van der Waals surface area contributed by atoms with Crippen LogP contribution in [0.3, 0.4) is 0 Å². The van der Waals surface area contributed by atoms with Gasteiger partial charge in [-0.3, -0.25) is 4.79 Å². The summed E-state index contributed by atoms with van der Waals surface area (Å²) in [5, 5.41) is 15.8. The van der Waals surface area contributed by atoms with Crippen LogP contribution in [0.5, 0.6) is 0 Å². The Bertz CT molecular complexity index is 225. The van der Waals surface area contributed by atoms with Crippen molar-refractivity contribution in [2.75, 3.05) is 19.6 Å². The molecule has 0 aromatic heterocycles. The van der Waals surface area contributed by atoms with E-state index >= 15 is 0 Å². The molecule has 0 aliphatic carbocycles. The molecular weight excluding hydrogens is 216 g/mol. The number of rotatable bonds is 6. The molecular formula is C13H26N2O2. The van der Waals surface area contributed by atoms with Crippen molar-refractivity contribution >= 4 is 5.91 Å². The second kappa shape index (κ2) is 7.67. The topological polar surface area (TPSA) is 61.4 Å². The number of aliphatic hydroxyl groups excluding tert-OH is 1. The van der Waals surface area contributed by atoms with Crippen molar-refractivity contribution in [2.45, 2.75) is 45.6 Å². The van der Waals surface area contributed by atoms with Crippen molar-refractivity contribution in [3.05, 3.63) is 0 Å². The maximum absolute atomic E-state index is 11.7. The molecule has 4 nitrogen and oxygen atoms in total. The van der Waals surface area contributed by atoms with Gasteiger partial charge < -0.3 is 15.7 Å². The molecule has 100 valence electrons. The van der Waals surface area contributed by atoms with Gasteiger partial charge in [-0.1, -0.05) is 13.8 Å². The van der Waals surface area contributed by atoms with Gasteiger partial charge in [0.25, 0.3) is 0 Å². The van der Waals surface area contributed by atoms with Crippen molar-refractivity contribution in [3.63, 3.8) is 0 Å². The zero-order valence-corrected chi connectivity index (χ0v) is 11.0. The van der Waals surface area contributed by atoms with Crippen molar-refractivity contribution in [2.24, 2.45) is 11.8 Å². The van der Waals surface area contributed by atoms with Crippen LogP contribution in [0, 0.1) is 11.8 Å². The van der Waals surface area contributed by atoms with Gasteiger partial charge >= 0.3 is 0 Å². The highest BCUT2D eigenvalue weighted by Gasteiger charge is 2.17. The van der Waals surface area contributed by atoms with E-state index in [2.05, 4.69) is 24.5 Å². The third-order valence-electron chi connectivity index (χ3n) is 3.15. The number of aliphatic hydroxyl groups is 1. The lowest BCUT2D eigenvalue weighted by Gasteiger charge is -2.22. The Labute approximate surface area is 104 Å². The fourth-order valence-corrected chi connectivity index (χ4v) is 2.29. The molecule has 1 aliphatic rings. The molecule has 4 heteroatoms. The van der Waals surface area contributed by atoms with Crippen LogP contribution >= 0.6 is 0 Å². The first-order valence-corrected chi connectivity index (χ1v) is 6.73. The molecule has 1 fully saturated rings. The molecule has 1 aliphatic heterocycles. The first-order valence-electron chi connectivity index (χ1n) is 6.73. The maximum atomic E-state index is 11.7. The molecule has 2 unspecified atom stereocenters. The Balaban J connectivity index is 2.11. The second-order valence-electron chi connectivity index (χ2n) is 5.50. The molecule has 17 heavy (non-hydrogen) atoms. The molecule has 1 heterocycles. The first-order chi connectivity index (χ1) is 8.08. The van der Waals surface area contributed by atoms with Gasteiger partial charge in [-0.2, -0.15) is 0 Å². The van der Waals surface area contributed by atoms with Gasteiger partial charge in [-0.25, -0.2) is 0 Å². The molecule has 3 N–H and O–H groups in total. The number of hydrogen-bond donors (Lipinski definition) is 3. The quantitative estimate of drug-likeness (QED) is 0.648. The number of carbonyl (C=O) groups excluding carboxylic acids is 1. The summed E-state index contributed by atoms with van der Waals surface area (Å²) in [7, 11) is 0. The molecule has 0 bridgehead atoms. The van der Waals surface area contributed by atoms with E-state index in [1.807, 2.05) is 0 Å². The second-order valence-corrected chi connectivity index (χ2v) is 5.50. The van der Waals surface area contributed by atoms with Crippen molar-refractivity contribution in [1.82, 2.24) is 10.6 Å². The summed E-state index contributed by atoms with van der Waals surface area (Å²) >= 11 is 0. The largest absolute Gasteiger partial charge is 0.391 e. The average molecular weight is 242 g/mol. The van der Waals surface area contributed by atoms with E-state index in [-0.39, 0.29) is 5.91 Å². The van der Waals surface area contributed by atoms with Crippen molar-refractivity contribution in [3.8, 4) is 0 Å². The summed E-state index contributed by atoms with van der Waals surface area (Å²) in [4.78, 5) is 11.7. The molecule has 0 aromatic carbocycles. The van der Waals surface area contributed by atoms with Gasteiger partial charge in [-0.15, -0.1) is 0 Å². The zero-order chi connectivity index (χ0) is 12.7. The summed E-state index contributed by atoms with van der Waals surface area (Å²) in [6.45, 7) is 6.54. The van der Waals surface area contributed by atoms with Crippen LogP contribution in [-0.4, -0.2) is 36.8 Å². The molecule has 1 amide bonds. The summed E-state index contributed by atoms with van der Waals surface area (Å²) < 4.78 is 0. The van der Waals surface area contributed by atoms with Crippen LogP contribution in [0.2, 0.25) is 0 Å². The van der Waals surface area contributed by atoms with Crippen LogP contribution in [0.1, 0.15) is 39.5 Å². The molecule has 1 rings (SSSR count). The number of nitrogens with one attached hydrogen (secondary N) is 2. The van der Waals surface area contributed by atoms with E-state index in [0.29, 0.717) is 24.8 Å². The summed E-state index contributed by atoms with van der Waals surface area (Å²) in [5.41, 5.74) is 0. The van der Waals surface area contributed by atoms with Crippen LogP contribution in [-0.2, 0) is 4.79 Å². The van der Waals surface area contributed by atoms with Gasteiger partial charge in [0.15, 0.2) is 0 Å². The Kier molecular flexibility index (Phi) is 6.52. The smallest absolute Gasteiger partial charge is 0.220 e. The molecule has 0 spiro atoms. The Morgan fingerprint density at radius 3 is 2.88 bits per heavy atom. The predicted octanol–water partition coefficient (Wildman–Crippen LogP) is 0.899. The number of piperidine rings is 1. The normalized spacial score (nSPS) is 22.5. The minimum Gasteiger partial charge on any atom is -0.391 e. The minimum atomic E-state index is -0.413. The number of hydrogen-bond acceptors (Lipinski definition) is 3. The third kappa shape index (κ3) is 6.64. The number of carbonyl (C=O) groups is 1. The number of amides is 1. The summed E-state index contributed by atoms with van der Waals surface area (Å²) in [6, 6.07) is 0. The maximum Gasteiger partial charge on any atom is 0.220 e. The predicted molar refractivity (Wildman–Crippen MR) is 68.7 cm³/mol. The van der Waals surface area contributed by atoms with E-state index in [0.717, 1.165) is 32.4 Å². The SMILES string of the molecule is CC(C)CC(O)CNC(=O)CC1CCCNC1. The van der Waals surface area contributed by atoms with Crippen LogP contribution in [0.25, 0.3) is 0 Å². The van der Waals surface area contributed by atoms with Gasteiger partial charge in [0.1, 0.15) is 0 Å². The molecule has 0 radical (unpaired) electrons. The highest BCUT2D eigenvalue weighted by molar-refractivity contribution is 5.76. The van der Waals surface area contributed by atoms with E-state index in [1.165, 1.54) is 0 Å². The van der Waals surface area contributed by atoms with E-state index < -0.39 is 6.10 Å². The third-order valence-corrected chi connectivity index (χ3v) is 3.15. The lowest BCUT2D eigenvalue weighted by Crippen LogP contribution is -2.37.